The topological polar surface area (TPSA) is 124 Å². The van der Waals surface area contributed by atoms with Crippen molar-refractivity contribution >= 4 is 16.1 Å². The molecular formula is C25H41N7O4S. The third kappa shape index (κ3) is 8.97. The van der Waals surface area contributed by atoms with Gasteiger partial charge in [-0.1, -0.05) is 26.0 Å². The number of aromatic nitrogens is 3. The molecule has 1 aliphatic rings. The Hall–Kier alpha value is -2.70. The molecule has 1 aromatic heterocycles. The first kappa shape index (κ1) is 28.9. The first-order valence-electron chi connectivity index (χ1n) is 13.1. The number of nitrogens with one attached hydrogen (secondary N) is 2. The van der Waals surface area contributed by atoms with Crippen molar-refractivity contribution in [2.45, 2.75) is 59.2 Å². The molecular weight excluding hydrogens is 494 g/mol. The van der Waals surface area contributed by atoms with Crippen molar-refractivity contribution < 1.29 is 17.9 Å². The zero-order chi connectivity index (χ0) is 26.7. The van der Waals surface area contributed by atoms with E-state index in [1.807, 2.05) is 29.2 Å². The van der Waals surface area contributed by atoms with Crippen LogP contribution in [0.2, 0.25) is 0 Å². The third-order valence-corrected chi connectivity index (χ3v) is 8.48. The second-order valence-electron chi connectivity index (χ2n) is 9.22. The second-order valence-corrected chi connectivity index (χ2v) is 11.3. The fourth-order valence-electron chi connectivity index (χ4n) is 4.34. The quantitative estimate of drug-likeness (QED) is 0.381. The van der Waals surface area contributed by atoms with Gasteiger partial charge in [0.2, 0.25) is 10.0 Å². The number of sulfonamides is 1. The summed E-state index contributed by atoms with van der Waals surface area (Å²) in [5, 5.41) is 9.93. The summed E-state index contributed by atoms with van der Waals surface area (Å²) in [4.78, 5) is 20.9. The molecule has 1 aliphatic heterocycles. The van der Waals surface area contributed by atoms with Gasteiger partial charge in [0.15, 0.2) is 5.82 Å². The van der Waals surface area contributed by atoms with E-state index in [0.29, 0.717) is 23.8 Å². The first-order chi connectivity index (χ1) is 17.8. The van der Waals surface area contributed by atoms with Crippen LogP contribution in [0.15, 0.2) is 24.3 Å². The van der Waals surface area contributed by atoms with E-state index in [0.717, 1.165) is 57.5 Å². The molecule has 0 aliphatic carbocycles. The molecule has 2 heterocycles. The number of rotatable bonds is 14. The maximum Gasteiger partial charge on any atom is 0.317 e. The van der Waals surface area contributed by atoms with Gasteiger partial charge in [-0.2, -0.15) is 9.40 Å². The van der Waals surface area contributed by atoms with E-state index in [-0.39, 0.29) is 31.4 Å². The average molecular weight is 536 g/mol. The highest BCUT2D eigenvalue weighted by Gasteiger charge is 2.25. The van der Waals surface area contributed by atoms with Crippen LogP contribution in [-0.2, 0) is 29.7 Å². The molecule has 1 aromatic carbocycles. The fourth-order valence-corrected chi connectivity index (χ4v) is 5.75. The number of ether oxygens (including phenoxy) is 1. The monoisotopic (exact) mass is 535 g/mol. The number of methoxy groups -OCH3 is 1. The number of carbonyl (C=O) groups is 1. The molecule has 2 amide bonds. The Balaban J connectivity index is 1.65. The van der Waals surface area contributed by atoms with Gasteiger partial charge in [0.1, 0.15) is 11.6 Å². The molecule has 1 fully saturated rings. The Kier molecular flexibility index (Phi) is 11.2. The SMILES string of the molecule is CCN(CC)CCCS(=O)(=O)N(Cc1ccc(OC)cc1)Cc1n[nH]c(CNC(=O)N2CCCCC2)n1. The minimum absolute atomic E-state index is 0.0379. The van der Waals surface area contributed by atoms with Gasteiger partial charge in [-0.3, -0.25) is 5.10 Å². The Bertz CT molecular complexity index is 1060. The second kappa shape index (κ2) is 14.3. The maximum absolute atomic E-state index is 13.4. The number of nitrogens with zero attached hydrogens (tertiary/aromatic N) is 5. The van der Waals surface area contributed by atoms with Crippen LogP contribution in [0.1, 0.15) is 56.7 Å². The van der Waals surface area contributed by atoms with Crippen molar-refractivity contribution in [3.8, 4) is 5.75 Å². The highest BCUT2D eigenvalue weighted by Crippen LogP contribution is 2.17. The van der Waals surface area contributed by atoms with Crippen LogP contribution in [0.4, 0.5) is 4.79 Å². The van der Waals surface area contributed by atoms with Crippen molar-refractivity contribution in [1.82, 2.24) is 34.6 Å². The average Bonchev–Trinajstić information content (AvgIpc) is 3.37. The third-order valence-electron chi connectivity index (χ3n) is 6.63. The highest BCUT2D eigenvalue weighted by molar-refractivity contribution is 7.89. The minimum Gasteiger partial charge on any atom is -0.497 e. The number of hydrogen-bond donors (Lipinski definition) is 2. The Labute approximate surface area is 220 Å². The molecule has 0 atom stereocenters. The first-order valence-corrected chi connectivity index (χ1v) is 14.7. The van der Waals surface area contributed by atoms with Crippen LogP contribution >= 0.6 is 0 Å². The molecule has 0 saturated carbocycles. The van der Waals surface area contributed by atoms with Crippen LogP contribution < -0.4 is 10.1 Å². The minimum atomic E-state index is -3.57. The molecule has 0 unspecified atom stereocenters. The predicted octanol–water partition coefficient (Wildman–Crippen LogP) is 2.57. The van der Waals surface area contributed by atoms with Crippen molar-refractivity contribution in [2.24, 2.45) is 0 Å². The largest absolute Gasteiger partial charge is 0.497 e. The van der Waals surface area contributed by atoms with Crippen molar-refractivity contribution in [3.05, 3.63) is 41.5 Å². The number of carbonyl (C=O) groups excluding carboxylic acids is 1. The van der Waals surface area contributed by atoms with E-state index in [4.69, 9.17) is 4.74 Å². The van der Waals surface area contributed by atoms with Gasteiger partial charge in [0, 0.05) is 19.6 Å². The number of amides is 2. The zero-order valence-electron chi connectivity index (χ0n) is 22.3. The molecule has 12 heteroatoms. The molecule has 2 aromatic rings. The molecule has 0 bridgehead atoms. The summed E-state index contributed by atoms with van der Waals surface area (Å²) < 4.78 is 33.4. The number of aromatic amines is 1. The number of hydrogen-bond acceptors (Lipinski definition) is 7. The van der Waals surface area contributed by atoms with E-state index in [2.05, 4.69) is 39.2 Å². The fraction of sp³-hybridized carbons (Fsp3) is 0.640. The number of piperidine rings is 1. The molecule has 1 saturated heterocycles. The summed E-state index contributed by atoms with van der Waals surface area (Å²) in [5.41, 5.74) is 0.845. The van der Waals surface area contributed by atoms with Gasteiger partial charge < -0.3 is 19.9 Å². The Morgan fingerprint density at radius 1 is 1.11 bits per heavy atom. The van der Waals surface area contributed by atoms with Crippen LogP contribution in [0.3, 0.4) is 0 Å². The van der Waals surface area contributed by atoms with Crippen LogP contribution in [0, 0.1) is 0 Å². The van der Waals surface area contributed by atoms with Gasteiger partial charge >= 0.3 is 6.03 Å². The van der Waals surface area contributed by atoms with E-state index in [1.54, 1.807) is 7.11 Å². The van der Waals surface area contributed by atoms with E-state index in [9.17, 15) is 13.2 Å². The number of urea groups is 1. The van der Waals surface area contributed by atoms with Gasteiger partial charge in [-0.25, -0.2) is 18.2 Å². The van der Waals surface area contributed by atoms with Crippen molar-refractivity contribution in [3.63, 3.8) is 0 Å². The number of H-pyrrole nitrogens is 1. The lowest BCUT2D eigenvalue weighted by Gasteiger charge is -2.26. The molecule has 0 spiro atoms. The van der Waals surface area contributed by atoms with Crippen LogP contribution in [-0.4, -0.2) is 89.3 Å². The normalized spacial score (nSPS) is 14.4. The van der Waals surface area contributed by atoms with Crippen molar-refractivity contribution in [2.75, 3.05) is 45.6 Å². The molecule has 37 heavy (non-hydrogen) atoms. The standard InChI is InChI=1S/C25H41N7O4S/c1-4-30(5-2)14-9-17-37(34,35)32(19-21-10-12-22(36-3)13-11-21)20-24-27-23(28-29-24)18-26-25(33)31-15-7-6-8-16-31/h10-13H,4-9,14-20H2,1-3H3,(H,26,33)(H,27,28,29). The van der Waals surface area contributed by atoms with Gasteiger partial charge in [-0.05, 0) is 63.0 Å². The van der Waals surface area contributed by atoms with Crippen LogP contribution in [0.5, 0.6) is 5.75 Å². The van der Waals surface area contributed by atoms with Gasteiger partial charge in [-0.15, -0.1) is 0 Å². The lowest BCUT2D eigenvalue weighted by Crippen LogP contribution is -2.42. The Morgan fingerprint density at radius 2 is 1.81 bits per heavy atom. The van der Waals surface area contributed by atoms with Crippen LogP contribution in [0.25, 0.3) is 0 Å². The smallest absolute Gasteiger partial charge is 0.317 e. The molecule has 0 radical (unpaired) electrons. The molecule has 11 nitrogen and oxygen atoms in total. The van der Waals surface area contributed by atoms with E-state index >= 15 is 0 Å². The number of benzene rings is 1. The molecule has 2 N–H and O–H groups in total. The maximum atomic E-state index is 13.4. The Morgan fingerprint density at radius 3 is 2.46 bits per heavy atom. The molecule has 3 rings (SSSR count). The predicted molar refractivity (Wildman–Crippen MR) is 142 cm³/mol. The summed E-state index contributed by atoms with van der Waals surface area (Å²) in [7, 11) is -1.98. The summed E-state index contributed by atoms with van der Waals surface area (Å²) in [6.45, 7) is 8.62. The lowest BCUT2D eigenvalue weighted by molar-refractivity contribution is 0.186. The summed E-state index contributed by atoms with van der Waals surface area (Å²) in [5.74, 6) is 1.61. The molecule has 206 valence electrons. The number of likely N-dealkylation sites (tertiary alicyclic amines) is 1. The zero-order valence-corrected chi connectivity index (χ0v) is 23.1. The van der Waals surface area contributed by atoms with Gasteiger partial charge in [0.05, 0.1) is 26.0 Å². The van der Waals surface area contributed by atoms with E-state index in [1.165, 1.54) is 4.31 Å². The van der Waals surface area contributed by atoms with E-state index < -0.39 is 10.0 Å². The summed E-state index contributed by atoms with van der Waals surface area (Å²) in [6, 6.07) is 7.23. The highest BCUT2D eigenvalue weighted by atomic mass is 32.2. The summed E-state index contributed by atoms with van der Waals surface area (Å²) >= 11 is 0. The van der Waals surface area contributed by atoms with Gasteiger partial charge in [0.25, 0.3) is 0 Å². The summed E-state index contributed by atoms with van der Waals surface area (Å²) in [6.07, 6.45) is 3.74. The lowest BCUT2D eigenvalue weighted by atomic mass is 10.1. The van der Waals surface area contributed by atoms with Crippen molar-refractivity contribution in [1.29, 1.82) is 0 Å².